The molecule has 2 nitrogen and oxygen atoms in total. The van der Waals surface area contributed by atoms with Crippen LogP contribution in [0.3, 0.4) is 0 Å². The molecule has 1 N–H and O–H groups in total. The zero-order valence-electron chi connectivity index (χ0n) is 12.7. The van der Waals surface area contributed by atoms with Crippen molar-refractivity contribution in [2.75, 3.05) is 26.2 Å². The first-order valence-electron chi connectivity index (χ1n) is 8.33. The van der Waals surface area contributed by atoms with Gasteiger partial charge in [0.15, 0.2) is 0 Å². The first-order valence-corrected chi connectivity index (χ1v) is 8.33. The Balaban J connectivity index is 2.02. The molecule has 0 bridgehead atoms. The summed E-state index contributed by atoms with van der Waals surface area (Å²) in [4.78, 5) is 2.73. The Morgan fingerprint density at radius 1 is 0.944 bits per heavy atom. The largest absolute Gasteiger partial charge is 0.314 e. The average molecular weight is 254 g/mol. The second-order valence-corrected chi connectivity index (χ2v) is 5.80. The van der Waals surface area contributed by atoms with Gasteiger partial charge < -0.3 is 5.32 Å². The van der Waals surface area contributed by atoms with Crippen molar-refractivity contribution in [2.45, 2.75) is 77.7 Å². The number of rotatable bonds is 10. The maximum Gasteiger partial charge on any atom is 0.0221 e. The van der Waals surface area contributed by atoms with E-state index in [1.165, 1.54) is 84.0 Å². The fourth-order valence-corrected chi connectivity index (χ4v) is 2.99. The van der Waals surface area contributed by atoms with Crippen LogP contribution in [-0.2, 0) is 0 Å². The van der Waals surface area contributed by atoms with Gasteiger partial charge in [-0.05, 0) is 19.4 Å². The summed E-state index contributed by atoms with van der Waals surface area (Å²) in [5.41, 5.74) is 0. The Labute approximate surface area is 115 Å². The summed E-state index contributed by atoms with van der Waals surface area (Å²) >= 11 is 0. The molecule has 2 heteroatoms. The first-order chi connectivity index (χ1) is 8.88. The molecule has 18 heavy (non-hydrogen) atoms. The molecule has 1 rings (SSSR count). The van der Waals surface area contributed by atoms with Gasteiger partial charge in [-0.2, -0.15) is 0 Å². The van der Waals surface area contributed by atoms with E-state index in [1.54, 1.807) is 0 Å². The summed E-state index contributed by atoms with van der Waals surface area (Å²) in [6, 6.07) is 0.809. The Kier molecular flexibility index (Phi) is 9.59. The maximum absolute atomic E-state index is 3.53. The molecule has 1 aliphatic heterocycles. The quantitative estimate of drug-likeness (QED) is 0.596. The van der Waals surface area contributed by atoms with E-state index >= 15 is 0 Å². The molecule has 1 atom stereocenters. The normalized spacial score (nSPS) is 21.3. The molecular weight excluding hydrogens is 220 g/mol. The summed E-state index contributed by atoms with van der Waals surface area (Å²) in [5, 5.41) is 3.53. The highest BCUT2D eigenvalue weighted by molar-refractivity contribution is 4.79. The van der Waals surface area contributed by atoms with Gasteiger partial charge in [0.2, 0.25) is 0 Å². The van der Waals surface area contributed by atoms with Crippen molar-refractivity contribution in [3.05, 3.63) is 0 Å². The third kappa shape index (κ3) is 6.75. The van der Waals surface area contributed by atoms with Crippen LogP contribution in [0, 0.1) is 0 Å². The van der Waals surface area contributed by atoms with Crippen LogP contribution >= 0.6 is 0 Å². The minimum Gasteiger partial charge on any atom is -0.314 e. The zero-order valence-corrected chi connectivity index (χ0v) is 12.7. The molecule has 0 aliphatic carbocycles. The molecule has 0 spiro atoms. The highest BCUT2D eigenvalue weighted by atomic mass is 15.2. The van der Waals surface area contributed by atoms with E-state index in [0.29, 0.717) is 0 Å². The van der Waals surface area contributed by atoms with Crippen molar-refractivity contribution >= 4 is 0 Å². The van der Waals surface area contributed by atoms with Crippen LogP contribution < -0.4 is 5.32 Å². The van der Waals surface area contributed by atoms with Crippen molar-refractivity contribution in [3.63, 3.8) is 0 Å². The van der Waals surface area contributed by atoms with E-state index < -0.39 is 0 Å². The third-order valence-corrected chi connectivity index (χ3v) is 4.14. The van der Waals surface area contributed by atoms with Gasteiger partial charge in [0.1, 0.15) is 0 Å². The minimum absolute atomic E-state index is 0.809. The molecule has 108 valence electrons. The number of nitrogens with zero attached hydrogens (tertiary/aromatic N) is 1. The fourth-order valence-electron chi connectivity index (χ4n) is 2.99. The molecule has 0 aromatic heterocycles. The Bertz CT molecular complexity index is 180. The Morgan fingerprint density at radius 3 is 2.39 bits per heavy atom. The molecule has 0 aromatic rings. The average Bonchev–Trinajstić information content (AvgIpc) is 2.40. The van der Waals surface area contributed by atoms with Crippen LogP contribution in [-0.4, -0.2) is 37.1 Å². The third-order valence-electron chi connectivity index (χ3n) is 4.14. The van der Waals surface area contributed by atoms with Crippen molar-refractivity contribution in [3.8, 4) is 0 Å². The Morgan fingerprint density at radius 2 is 1.67 bits per heavy atom. The smallest absolute Gasteiger partial charge is 0.0221 e. The van der Waals surface area contributed by atoms with E-state index in [2.05, 4.69) is 24.1 Å². The van der Waals surface area contributed by atoms with Gasteiger partial charge in [-0.1, -0.05) is 58.8 Å². The van der Waals surface area contributed by atoms with E-state index in [4.69, 9.17) is 0 Å². The van der Waals surface area contributed by atoms with Crippen LogP contribution in [0.25, 0.3) is 0 Å². The van der Waals surface area contributed by atoms with Gasteiger partial charge in [-0.15, -0.1) is 0 Å². The van der Waals surface area contributed by atoms with E-state index in [-0.39, 0.29) is 0 Å². The molecule has 1 unspecified atom stereocenters. The van der Waals surface area contributed by atoms with Crippen LogP contribution in [0.15, 0.2) is 0 Å². The zero-order chi connectivity index (χ0) is 13.1. The minimum atomic E-state index is 0.809. The van der Waals surface area contributed by atoms with Crippen molar-refractivity contribution in [1.82, 2.24) is 10.2 Å². The lowest BCUT2D eigenvalue weighted by Gasteiger charge is -2.36. The predicted molar refractivity (Wildman–Crippen MR) is 81.1 cm³/mol. The van der Waals surface area contributed by atoms with E-state index in [0.717, 1.165) is 6.04 Å². The van der Waals surface area contributed by atoms with Crippen LogP contribution in [0.5, 0.6) is 0 Å². The lowest BCUT2D eigenvalue weighted by atomic mass is 10.1. The summed E-state index contributed by atoms with van der Waals surface area (Å²) in [7, 11) is 0. The molecule has 0 saturated carbocycles. The van der Waals surface area contributed by atoms with Crippen molar-refractivity contribution < 1.29 is 0 Å². The molecule has 0 aromatic carbocycles. The number of unbranched alkanes of at least 4 members (excludes halogenated alkanes) is 6. The van der Waals surface area contributed by atoms with Gasteiger partial charge in [-0.25, -0.2) is 0 Å². The molecule has 0 radical (unpaired) electrons. The second kappa shape index (κ2) is 10.8. The van der Waals surface area contributed by atoms with Gasteiger partial charge in [-0.3, -0.25) is 4.90 Å². The molecule has 1 aliphatic rings. The van der Waals surface area contributed by atoms with Crippen LogP contribution in [0.1, 0.15) is 71.6 Å². The van der Waals surface area contributed by atoms with E-state index in [9.17, 15) is 0 Å². The lowest BCUT2D eigenvalue weighted by Crippen LogP contribution is -2.51. The summed E-state index contributed by atoms with van der Waals surface area (Å²) in [6.07, 6.45) is 12.7. The molecule has 1 heterocycles. The molecule has 0 amide bonds. The summed E-state index contributed by atoms with van der Waals surface area (Å²) < 4.78 is 0. The van der Waals surface area contributed by atoms with E-state index in [1.807, 2.05) is 0 Å². The van der Waals surface area contributed by atoms with Gasteiger partial charge in [0, 0.05) is 25.7 Å². The SMILES string of the molecule is CCCCCCCCCN1CCNCC1CCC. The molecule has 1 saturated heterocycles. The standard InChI is InChI=1S/C16H34N2/c1-3-5-6-7-8-9-10-13-18-14-12-17-15-16(18)11-4-2/h16-17H,3-15H2,1-2H3. The van der Waals surface area contributed by atoms with Crippen LogP contribution in [0.2, 0.25) is 0 Å². The summed E-state index contributed by atoms with van der Waals surface area (Å²) in [6.45, 7) is 9.60. The lowest BCUT2D eigenvalue weighted by molar-refractivity contribution is 0.149. The fraction of sp³-hybridized carbons (Fsp3) is 1.00. The summed E-state index contributed by atoms with van der Waals surface area (Å²) in [5.74, 6) is 0. The highest BCUT2D eigenvalue weighted by Gasteiger charge is 2.20. The maximum atomic E-state index is 3.53. The second-order valence-electron chi connectivity index (χ2n) is 5.80. The number of piperazine rings is 1. The first kappa shape index (κ1) is 16.0. The Hall–Kier alpha value is -0.0800. The molecule has 1 fully saturated rings. The van der Waals surface area contributed by atoms with Gasteiger partial charge in [0.05, 0.1) is 0 Å². The monoisotopic (exact) mass is 254 g/mol. The highest BCUT2D eigenvalue weighted by Crippen LogP contribution is 2.12. The number of nitrogens with one attached hydrogen (secondary N) is 1. The van der Waals surface area contributed by atoms with Gasteiger partial charge in [0.25, 0.3) is 0 Å². The molecular formula is C16H34N2. The predicted octanol–water partition coefficient (Wildman–Crippen LogP) is 3.81. The van der Waals surface area contributed by atoms with Gasteiger partial charge >= 0.3 is 0 Å². The topological polar surface area (TPSA) is 15.3 Å². The van der Waals surface area contributed by atoms with Crippen molar-refractivity contribution in [1.29, 1.82) is 0 Å². The van der Waals surface area contributed by atoms with Crippen LogP contribution in [0.4, 0.5) is 0 Å². The van der Waals surface area contributed by atoms with Crippen molar-refractivity contribution in [2.24, 2.45) is 0 Å². The number of hydrogen-bond acceptors (Lipinski definition) is 2. The number of hydrogen-bond donors (Lipinski definition) is 1.